The van der Waals surface area contributed by atoms with Crippen LogP contribution in [0.4, 0.5) is 0 Å². The van der Waals surface area contributed by atoms with Crippen molar-refractivity contribution in [1.29, 1.82) is 0 Å². The number of thioether (sulfide) groups is 1. The van der Waals surface area contributed by atoms with Crippen LogP contribution in [-0.2, 0) is 0 Å². The van der Waals surface area contributed by atoms with Crippen LogP contribution in [0.25, 0.3) is 0 Å². The van der Waals surface area contributed by atoms with E-state index >= 15 is 0 Å². The Labute approximate surface area is 92.4 Å². The molecule has 2 atom stereocenters. The predicted octanol–water partition coefficient (Wildman–Crippen LogP) is 1.99. The molecule has 1 rings (SSSR count). The third-order valence-corrected chi connectivity index (χ3v) is 4.16. The van der Waals surface area contributed by atoms with Crippen molar-refractivity contribution in [3.05, 3.63) is 0 Å². The van der Waals surface area contributed by atoms with Gasteiger partial charge in [-0.3, -0.25) is 0 Å². The minimum Gasteiger partial charge on any atom is -0.330 e. The summed E-state index contributed by atoms with van der Waals surface area (Å²) in [5, 5.41) is 4.29. The zero-order chi connectivity index (χ0) is 10.2. The first-order chi connectivity index (χ1) is 6.83. The topological polar surface area (TPSA) is 38.0 Å². The zero-order valence-electron chi connectivity index (χ0n) is 9.30. The summed E-state index contributed by atoms with van der Waals surface area (Å²) in [4.78, 5) is 0. The fraction of sp³-hybridized carbons (Fsp3) is 1.00. The fourth-order valence-electron chi connectivity index (χ4n) is 1.94. The molecule has 0 aromatic carbocycles. The van der Waals surface area contributed by atoms with E-state index in [1.165, 1.54) is 38.0 Å². The van der Waals surface area contributed by atoms with Crippen LogP contribution in [0.5, 0.6) is 0 Å². The Hall–Kier alpha value is 0.270. The number of hydrogen-bond acceptors (Lipinski definition) is 3. The van der Waals surface area contributed by atoms with E-state index in [-0.39, 0.29) is 0 Å². The quantitative estimate of drug-likeness (QED) is 0.639. The lowest BCUT2D eigenvalue weighted by atomic mass is 10.1. The summed E-state index contributed by atoms with van der Waals surface area (Å²) in [5.41, 5.74) is 5.51. The molecule has 0 amide bonds. The minimum absolute atomic E-state index is 0.747. The molecule has 0 spiro atoms. The Balaban J connectivity index is 1.88. The second-order valence-electron chi connectivity index (χ2n) is 4.19. The molecule has 0 aliphatic carbocycles. The standard InChI is InChI=1S/C11H24N2S/c1-10(6-7-12)14-9-3-5-11-4-2-8-13-11/h10-11,13H,2-9,12H2,1H3. The van der Waals surface area contributed by atoms with Gasteiger partial charge in [0.25, 0.3) is 0 Å². The third kappa shape index (κ3) is 5.23. The van der Waals surface area contributed by atoms with Gasteiger partial charge in [-0.2, -0.15) is 11.8 Å². The molecule has 2 unspecified atom stereocenters. The Bertz CT molecular complexity index is 135. The predicted molar refractivity (Wildman–Crippen MR) is 65.9 cm³/mol. The van der Waals surface area contributed by atoms with E-state index in [0.717, 1.165) is 24.3 Å². The Morgan fingerprint density at radius 3 is 3.07 bits per heavy atom. The largest absolute Gasteiger partial charge is 0.330 e. The number of nitrogens with one attached hydrogen (secondary N) is 1. The van der Waals surface area contributed by atoms with Gasteiger partial charge >= 0.3 is 0 Å². The first-order valence-electron chi connectivity index (χ1n) is 5.88. The van der Waals surface area contributed by atoms with E-state index < -0.39 is 0 Å². The van der Waals surface area contributed by atoms with E-state index in [9.17, 15) is 0 Å². The van der Waals surface area contributed by atoms with Gasteiger partial charge in [-0.15, -0.1) is 0 Å². The van der Waals surface area contributed by atoms with Crippen molar-refractivity contribution in [2.45, 2.75) is 50.3 Å². The molecule has 1 saturated heterocycles. The molecule has 0 aromatic rings. The van der Waals surface area contributed by atoms with E-state index in [4.69, 9.17) is 5.73 Å². The summed E-state index contributed by atoms with van der Waals surface area (Å²) in [6.45, 7) is 4.35. The van der Waals surface area contributed by atoms with Crippen LogP contribution >= 0.6 is 11.8 Å². The average Bonchev–Trinajstić information content (AvgIpc) is 2.65. The molecule has 0 saturated carbocycles. The summed E-state index contributed by atoms with van der Waals surface area (Å²) < 4.78 is 0. The molecule has 3 N–H and O–H groups in total. The van der Waals surface area contributed by atoms with Gasteiger partial charge in [0.15, 0.2) is 0 Å². The molecular weight excluding hydrogens is 192 g/mol. The maximum absolute atomic E-state index is 5.51. The van der Waals surface area contributed by atoms with Gasteiger partial charge in [0.1, 0.15) is 0 Å². The number of rotatable bonds is 7. The minimum atomic E-state index is 0.747. The second kappa shape index (κ2) is 7.55. The molecule has 2 nitrogen and oxygen atoms in total. The first-order valence-corrected chi connectivity index (χ1v) is 6.93. The molecule has 3 heteroatoms. The molecular formula is C11H24N2S. The molecule has 1 aliphatic rings. The van der Waals surface area contributed by atoms with Crippen LogP contribution in [0.15, 0.2) is 0 Å². The van der Waals surface area contributed by atoms with Crippen molar-refractivity contribution < 1.29 is 0 Å². The smallest absolute Gasteiger partial charge is 0.00678 e. The third-order valence-electron chi connectivity index (χ3n) is 2.83. The molecule has 1 fully saturated rings. The summed E-state index contributed by atoms with van der Waals surface area (Å²) >= 11 is 2.08. The van der Waals surface area contributed by atoms with Crippen LogP contribution in [0.2, 0.25) is 0 Å². The molecule has 0 bridgehead atoms. The van der Waals surface area contributed by atoms with Gasteiger partial charge in [0.05, 0.1) is 0 Å². The molecule has 0 aromatic heterocycles. The highest BCUT2D eigenvalue weighted by Gasteiger charge is 2.12. The van der Waals surface area contributed by atoms with Crippen molar-refractivity contribution in [2.24, 2.45) is 5.73 Å². The van der Waals surface area contributed by atoms with Gasteiger partial charge in [-0.05, 0) is 50.9 Å². The maximum atomic E-state index is 5.51. The molecule has 14 heavy (non-hydrogen) atoms. The lowest BCUT2D eigenvalue weighted by Crippen LogP contribution is -2.21. The fourth-order valence-corrected chi connectivity index (χ4v) is 2.97. The van der Waals surface area contributed by atoms with Gasteiger partial charge in [0, 0.05) is 11.3 Å². The summed E-state index contributed by atoms with van der Waals surface area (Å²) in [5.74, 6) is 1.30. The zero-order valence-corrected chi connectivity index (χ0v) is 10.1. The van der Waals surface area contributed by atoms with Crippen LogP contribution in [0.1, 0.15) is 39.0 Å². The van der Waals surface area contributed by atoms with Crippen molar-refractivity contribution >= 4 is 11.8 Å². The number of nitrogens with two attached hydrogens (primary N) is 1. The van der Waals surface area contributed by atoms with Crippen LogP contribution in [0, 0.1) is 0 Å². The summed E-state index contributed by atoms with van der Waals surface area (Å²) in [6, 6.07) is 0.820. The van der Waals surface area contributed by atoms with E-state index in [1.54, 1.807) is 0 Å². The highest BCUT2D eigenvalue weighted by molar-refractivity contribution is 7.99. The van der Waals surface area contributed by atoms with Crippen molar-refractivity contribution in [2.75, 3.05) is 18.8 Å². The van der Waals surface area contributed by atoms with Crippen LogP contribution in [-0.4, -0.2) is 30.1 Å². The van der Waals surface area contributed by atoms with E-state index in [2.05, 4.69) is 24.0 Å². The Morgan fingerprint density at radius 1 is 1.57 bits per heavy atom. The van der Waals surface area contributed by atoms with Crippen LogP contribution in [0.3, 0.4) is 0 Å². The van der Waals surface area contributed by atoms with Gasteiger partial charge in [-0.1, -0.05) is 6.92 Å². The van der Waals surface area contributed by atoms with Crippen molar-refractivity contribution in [1.82, 2.24) is 5.32 Å². The van der Waals surface area contributed by atoms with E-state index in [1.807, 2.05) is 0 Å². The number of hydrogen-bond donors (Lipinski definition) is 2. The molecule has 0 radical (unpaired) electrons. The normalized spacial score (nSPS) is 24.0. The molecule has 1 heterocycles. The second-order valence-corrected chi connectivity index (χ2v) is 5.74. The monoisotopic (exact) mass is 216 g/mol. The lowest BCUT2D eigenvalue weighted by molar-refractivity contribution is 0.553. The lowest BCUT2D eigenvalue weighted by Gasteiger charge is -2.12. The summed E-state index contributed by atoms with van der Waals surface area (Å²) in [6.07, 6.45) is 6.65. The average molecular weight is 216 g/mol. The first kappa shape index (κ1) is 12.3. The van der Waals surface area contributed by atoms with Crippen LogP contribution < -0.4 is 11.1 Å². The molecule has 84 valence electrons. The van der Waals surface area contributed by atoms with Crippen molar-refractivity contribution in [3.8, 4) is 0 Å². The van der Waals surface area contributed by atoms with Gasteiger partial charge in [-0.25, -0.2) is 0 Å². The Kier molecular flexibility index (Phi) is 6.65. The highest BCUT2D eigenvalue weighted by Crippen LogP contribution is 2.17. The highest BCUT2D eigenvalue weighted by atomic mass is 32.2. The maximum Gasteiger partial charge on any atom is 0.00678 e. The van der Waals surface area contributed by atoms with Gasteiger partial charge < -0.3 is 11.1 Å². The van der Waals surface area contributed by atoms with Crippen molar-refractivity contribution in [3.63, 3.8) is 0 Å². The Morgan fingerprint density at radius 2 is 2.43 bits per heavy atom. The summed E-state index contributed by atoms with van der Waals surface area (Å²) in [7, 11) is 0. The SMILES string of the molecule is CC(CCN)SCCCC1CCCN1. The molecule has 1 aliphatic heterocycles. The van der Waals surface area contributed by atoms with Gasteiger partial charge in [0.2, 0.25) is 0 Å². The van der Waals surface area contributed by atoms with E-state index in [0.29, 0.717) is 0 Å².